The third kappa shape index (κ3) is 3.29. The number of aliphatic hydroxyl groups is 5. The van der Waals surface area contributed by atoms with Gasteiger partial charge in [0.1, 0.15) is 24.4 Å². The van der Waals surface area contributed by atoms with Crippen LogP contribution in [0.15, 0.2) is 11.6 Å². The third-order valence-corrected chi connectivity index (χ3v) is 7.72. The van der Waals surface area contributed by atoms with Crippen LogP contribution >= 0.6 is 0 Å². The topological polar surface area (TPSA) is 129 Å². The Morgan fingerprint density at radius 1 is 1.10 bits per heavy atom. The van der Waals surface area contributed by atoms with Crippen LogP contribution in [0.5, 0.6) is 0 Å². The smallest absolute Gasteiger partial charge is 0.187 e. The molecule has 2 aliphatic carbocycles. The molecule has 4 rings (SSSR count). The van der Waals surface area contributed by atoms with Gasteiger partial charge in [0.25, 0.3) is 0 Å². The summed E-state index contributed by atoms with van der Waals surface area (Å²) in [5.74, 6) is -0.00989. The zero-order chi connectivity index (χ0) is 21.2. The molecule has 9 atom stereocenters. The molecule has 4 aliphatic rings. The lowest BCUT2D eigenvalue weighted by Crippen LogP contribution is -2.61. The highest BCUT2D eigenvalue weighted by atomic mass is 16.7. The minimum absolute atomic E-state index is 0.00989. The van der Waals surface area contributed by atoms with Gasteiger partial charge in [0.15, 0.2) is 6.29 Å². The van der Waals surface area contributed by atoms with Gasteiger partial charge in [0.2, 0.25) is 0 Å². The lowest BCUT2D eigenvalue weighted by Gasteiger charge is -2.49. The van der Waals surface area contributed by atoms with Crippen molar-refractivity contribution in [3.8, 4) is 0 Å². The summed E-state index contributed by atoms with van der Waals surface area (Å²) in [6.07, 6.45) is -1.62. The first-order valence-corrected chi connectivity index (χ1v) is 10.6. The fraction of sp³-hybridized carbons (Fsp3) is 0.905. The van der Waals surface area contributed by atoms with E-state index in [9.17, 15) is 25.5 Å². The summed E-state index contributed by atoms with van der Waals surface area (Å²) in [4.78, 5) is 0. The van der Waals surface area contributed by atoms with E-state index >= 15 is 0 Å². The fourth-order valence-electron chi connectivity index (χ4n) is 5.65. The Balaban J connectivity index is 1.56. The molecule has 0 radical (unpaired) electrons. The second-order valence-electron chi connectivity index (χ2n) is 9.87. The van der Waals surface area contributed by atoms with Gasteiger partial charge in [-0.1, -0.05) is 6.08 Å². The highest BCUT2D eigenvalue weighted by Crippen LogP contribution is 2.59. The van der Waals surface area contributed by atoms with Crippen molar-refractivity contribution < 1.29 is 39.7 Å². The predicted molar refractivity (Wildman–Crippen MR) is 102 cm³/mol. The van der Waals surface area contributed by atoms with E-state index in [0.29, 0.717) is 6.61 Å². The van der Waals surface area contributed by atoms with Gasteiger partial charge in [-0.15, -0.1) is 0 Å². The van der Waals surface area contributed by atoms with Crippen molar-refractivity contribution in [2.75, 3.05) is 13.2 Å². The lowest BCUT2D eigenvalue weighted by molar-refractivity contribution is -0.327. The zero-order valence-electron chi connectivity index (χ0n) is 17.3. The van der Waals surface area contributed by atoms with Gasteiger partial charge in [-0.3, -0.25) is 0 Å². The number of aliphatic hydroxyl groups excluding tert-OH is 5. The van der Waals surface area contributed by atoms with Crippen molar-refractivity contribution in [2.24, 2.45) is 11.3 Å². The molecule has 2 bridgehead atoms. The zero-order valence-corrected chi connectivity index (χ0v) is 17.3. The Bertz CT molecular complexity index is 663. The summed E-state index contributed by atoms with van der Waals surface area (Å²) < 4.78 is 17.8. The van der Waals surface area contributed by atoms with Gasteiger partial charge in [0, 0.05) is 11.3 Å². The maximum atomic E-state index is 10.7. The largest absolute Gasteiger partial charge is 0.394 e. The molecule has 1 saturated carbocycles. The molecule has 0 aromatic heterocycles. The molecule has 166 valence electrons. The lowest BCUT2D eigenvalue weighted by atomic mass is 9.58. The predicted octanol–water partition coefficient (Wildman–Crippen LogP) is -0.152. The number of hydrogen-bond acceptors (Lipinski definition) is 8. The van der Waals surface area contributed by atoms with Crippen LogP contribution in [-0.4, -0.2) is 86.8 Å². The van der Waals surface area contributed by atoms with E-state index in [1.54, 1.807) is 0 Å². The molecule has 2 saturated heterocycles. The van der Waals surface area contributed by atoms with Crippen molar-refractivity contribution in [3.05, 3.63) is 11.6 Å². The molecule has 0 spiro atoms. The van der Waals surface area contributed by atoms with E-state index < -0.39 is 49.0 Å². The molecular weight excluding hydrogens is 380 g/mol. The quantitative estimate of drug-likeness (QED) is 0.402. The van der Waals surface area contributed by atoms with Gasteiger partial charge in [-0.05, 0) is 52.0 Å². The van der Waals surface area contributed by atoms with E-state index in [-0.39, 0.29) is 16.9 Å². The Kier molecular flexibility index (Phi) is 5.40. The number of rotatable bonds is 4. The molecule has 2 heterocycles. The molecule has 8 heteroatoms. The van der Waals surface area contributed by atoms with Crippen LogP contribution in [0.1, 0.15) is 46.5 Å². The van der Waals surface area contributed by atoms with Gasteiger partial charge >= 0.3 is 0 Å². The summed E-state index contributed by atoms with van der Waals surface area (Å²) >= 11 is 0. The van der Waals surface area contributed by atoms with Crippen molar-refractivity contribution in [1.82, 2.24) is 0 Å². The van der Waals surface area contributed by atoms with Crippen molar-refractivity contribution in [2.45, 2.75) is 94.5 Å². The minimum atomic E-state index is -1.47. The summed E-state index contributed by atoms with van der Waals surface area (Å²) in [5.41, 5.74) is -0.286. The van der Waals surface area contributed by atoms with Gasteiger partial charge < -0.3 is 39.7 Å². The Morgan fingerprint density at radius 2 is 1.83 bits per heavy atom. The summed E-state index contributed by atoms with van der Waals surface area (Å²) in [6.45, 7) is 5.93. The molecule has 29 heavy (non-hydrogen) atoms. The first-order valence-electron chi connectivity index (χ1n) is 10.6. The van der Waals surface area contributed by atoms with Crippen molar-refractivity contribution in [1.29, 1.82) is 0 Å². The Labute approximate surface area is 171 Å². The highest BCUT2D eigenvalue weighted by molar-refractivity contribution is 5.36. The molecule has 2 aliphatic heterocycles. The molecule has 5 N–H and O–H groups in total. The average Bonchev–Trinajstić information content (AvgIpc) is 2.93. The maximum Gasteiger partial charge on any atom is 0.187 e. The highest BCUT2D eigenvalue weighted by Gasteiger charge is 2.60. The first-order chi connectivity index (χ1) is 13.5. The molecular formula is C21H34O8. The van der Waals surface area contributed by atoms with Crippen LogP contribution in [-0.2, 0) is 14.2 Å². The molecule has 0 aromatic carbocycles. The van der Waals surface area contributed by atoms with Crippen LogP contribution in [0.2, 0.25) is 0 Å². The molecule has 3 fully saturated rings. The maximum absolute atomic E-state index is 10.7. The minimum Gasteiger partial charge on any atom is -0.394 e. The normalized spacial score (nSPS) is 50.2. The van der Waals surface area contributed by atoms with Crippen molar-refractivity contribution in [3.63, 3.8) is 0 Å². The fourth-order valence-corrected chi connectivity index (χ4v) is 5.65. The Morgan fingerprint density at radius 3 is 2.52 bits per heavy atom. The van der Waals surface area contributed by atoms with Gasteiger partial charge in [-0.2, -0.15) is 0 Å². The summed E-state index contributed by atoms with van der Waals surface area (Å²) in [6, 6.07) is 0. The summed E-state index contributed by atoms with van der Waals surface area (Å²) in [7, 11) is 0. The first kappa shape index (κ1) is 21.6. The molecule has 0 amide bonds. The van der Waals surface area contributed by atoms with Gasteiger partial charge in [0.05, 0.1) is 30.5 Å². The standard InChI is InChI=1S/C21H34O8/c1-19(2,29-18-17(26)16(25)15(24)12(9-22)28-18)11-4-7-21-10-27-20(3,13(21)8-11)6-5-14(21)23/h8,11-12,14-18,22-26H,4-7,9-10H2,1-3H3/t11-,12-,14+,15-,16+,17-,18+,20+,21-/m1/s1. The van der Waals surface area contributed by atoms with Crippen LogP contribution < -0.4 is 0 Å². The van der Waals surface area contributed by atoms with Crippen molar-refractivity contribution >= 4 is 0 Å². The van der Waals surface area contributed by atoms with E-state index in [2.05, 4.69) is 13.0 Å². The molecule has 0 unspecified atom stereocenters. The Hall–Kier alpha value is -0.580. The summed E-state index contributed by atoms with van der Waals surface area (Å²) in [5, 5.41) is 50.5. The molecule has 8 nitrogen and oxygen atoms in total. The average molecular weight is 414 g/mol. The SMILES string of the molecule is CC(C)(O[C@@H]1O[C@H](CO)[C@@H](O)[C@H](O)[C@H]1O)[C@H]1C=C2[C@@]3(CC1)CO[C@@]2(C)CC[C@@H]3O. The van der Waals surface area contributed by atoms with Crippen LogP contribution in [0.4, 0.5) is 0 Å². The second kappa shape index (κ2) is 7.24. The van der Waals surface area contributed by atoms with Gasteiger partial charge in [-0.25, -0.2) is 0 Å². The van der Waals surface area contributed by atoms with E-state index in [4.69, 9.17) is 14.2 Å². The molecule has 0 aromatic rings. The third-order valence-electron chi connectivity index (χ3n) is 7.72. The van der Waals surface area contributed by atoms with E-state index in [0.717, 1.165) is 31.3 Å². The number of ether oxygens (including phenoxy) is 3. The van der Waals surface area contributed by atoms with Crippen LogP contribution in [0.25, 0.3) is 0 Å². The van der Waals surface area contributed by atoms with Crippen LogP contribution in [0.3, 0.4) is 0 Å². The van der Waals surface area contributed by atoms with E-state index in [1.165, 1.54) is 0 Å². The van der Waals surface area contributed by atoms with Crippen LogP contribution in [0, 0.1) is 11.3 Å². The second-order valence-corrected chi connectivity index (χ2v) is 9.87. The van der Waals surface area contributed by atoms with E-state index in [1.807, 2.05) is 13.8 Å². The number of hydrogen-bond donors (Lipinski definition) is 5. The monoisotopic (exact) mass is 414 g/mol.